The van der Waals surface area contributed by atoms with E-state index >= 15 is 0 Å². The van der Waals surface area contributed by atoms with E-state index in [1.165, 1.54) is 53.6 Å². The minimum atomic E-state index is 0.569. The Bertz CT molecular complexity index is 397. The minimum Gasteiger partial charge on any atom is -0.310 e. The molecule has 1 aliphatic carbocycles. The Balaban J connectivity index is 1.74. The molecule has 17 heavy (non-hydrogen) atoms. The number of halogens is 1. The Kier molecular flexibility index (Phi) is 3.78. The van der Waals surface area contributed by atoms with Gasteiger partial charge in [-0.2, -0.15) is 0 Å². The first kappa shape index (κ1) is 12.1. The summed E-state index contributed by atoms with van der Waals surface area (Å²) in [5, 5.41) is 4.49. The zero-order valence-electron chi connectivity index (χ0n) is 9.92. The van der Waals surface area contributed by atoms with E-state index in [9.17, 15) is 0 Å². The lowest BCUT2D eigenvalue weighted by atomic mass is 9.98. The summed E-state index contributed by atoms with van der Waals surface area (Å²) in [7, 11) is 0. The fraction of sp³-hybridized carbons (Fsp3) is 0.571. The third-order valence-electron chi connectivity index (χ3n) is 3.49. The van der Waals surface area contributed by atoms with Crippen LogP contribution >= 0.6 is 27.7 Å². The normalized spacial score (nSPS) is 24.9. The van der Waals surface area contributed by atoms with Crippen LogP contribution in [0.25, 0.3) is 0 Å². The van der Waals surface area contributed by atoms with Gasteiger partial charge >= 0.3 is 0 Å². The largest absolute Gasteiger partial charge is 0.310 e. The second kappa shape index (κ2) is 5.33. The highest BCUT2D eigenvalue weighted by Crippen LogP contribution is 2.42. The maximum Gasteiger partial charge on any atom is 0.0320 e. The summed E-state index contributed by atoms with van der Waals surface area (Å²) in [5.74, 6) is 0. The molecule has 3 heteroatoms. The highest BCUT2D eigenvalue weighted by Gasteiger charge is 2.24. The van der Waals surface area contributed by atoms with Gasteiger partial charge < -0.3 is 5.32 Å². The van der Waals surface area contributed by atoms with Crippen LogP contribution in [0.2, 0.25) is 0 Å². The van der Waals surface area contributed by atoms with Crippen LogP contribution in [-0.4, -0.2) is 11.8 Å². The van der Waals surface area contributed by atoms with E-state index in [4.69, 9.17) is 0 Å². The van der Waals surface area contributed by atoms with Gasteiger partial charge in [-0.3, -0.25) is 0 Å². The monoisotopic (exact) mass is 311 g/mol. The van der Waals surface area contributed by atoms with E-state index in [2.05, 4.69) is 39.4 Å². The van der Waals surface area contributed by atoms with E-state index in [0.717, 1.165) is 5.25 Å². The first-order chi connectivity index (χ1) is 8.33. The molecule has 1 atom stereocenters. The van der Waals surface area contributed by atoms with Gasteiger partial charge in [0.2, 0.25) is 0 Å². The molecule has 0 radical (unpaired) electrons. The van der Waals surface area contributed by atoms with Crippen LogP contribution in [0.5, 0.6) is 0 Å². The molecule has 1 saturated heterocycles. The van der Waals surface area contributed by atoms with Gasteiger partial charge in [-0.1, -0.05) is 12.5 Å². The number of hydrogen-bond donors (Lipinski definition) is 1. The van der Waals surface area contributed by atoms with Crippen LogP contribution in [0.3, 0.4) is 0 Å². The van der Waals surface area contributed by atoms with Crippen molar-refractivity contribution >= 4 is 27.7 Å². The third kappa shape index (κ3) is 3.07. The van der Waals surface area contributed by atoms with Gasteiger partial charge in [-0.15, -0.1) is 11.8 Å². The summed E-state index contributed by atoms with van der Waals surface area (Å²) in [4.78, 5) is 1.41. The van der Waals surface area contributed by atoms with E-state index in [0.29, 0.717) is 6.04 Å². The van der Waals surface area contributed by atoms with Crippen LogP contribution in [-0.2, 0) is 0 Å². The van der Waals surface area contributed by atoms with Gasteiger partial charge in [0.15, 0.2) is 0 Å². The van der Waals surface area contributed by atoms with Crippen molar-refractivity contribution in [3.05, 3.63) is 28.2 Å². The Morgan fingerprint density at radius 3 is 2.71 bits per heavy atom. The molecule has 1 N–H and O–H groups in total. The maximum atomic E-state index is 3.72. The predicted molar refractivity (Wildman–Crippen MR) is 77.6 cm³/mol. The SMILES string of the molecule is Brc1cc(C2CCCCN2)ccc1SC1CC1. The zero-order chi connectivity index (χ0) is 11.7. The van der Waals surface area contributed by atoms with E-state index in [1.54, 1.807) is 0 Å². The number of piperidine rings is 1. The molecule has 2 aliphatic rings. The van der Waals surface area contributed by atoms with Crippen molar-refractivity contribution in [3.8, 4) is 0 Å². The lowest BCUT2D eigenvalue weighted by Gasteiger charge is -2.24. The van der Waals surface area contributed by atoms with Gasteiger partial charge in [0, 0.05) is 20.7 Å². The lowest BCUT2D eigenvalue weighted by molar-refractivity contribution is 0.412. The van der Waals surface area contributed by atoms with E-state index in [1.807, 2.05) is 11.8 Å². The Hall–Kier alpha value is 0.01000. The van der Waals surface area contributed by atoms with Crippen molar-refractivity contribution in [1.82, 2.24) is 5.32 Å². The zero-order valence-corrected chi connectivity index (χ0v) is 12.3. The number of hydrogen-bond acceptors (Lipinski definition) is 2. The topological polar surface area (TPSA) is 12.0 Å². The maximum absolute atomic E-state index is 3.72. The van der Waals surface area contributed by atoms with Gasteiger partial charge in [-0.05, 0) is 65.9 Å². The van der Waals surface area contributed by atoms with Crippen molar-refractivity contribution < 1.29 is 0 Å². The average molecular weight is 312 g/mol. The summed E-state index contributed by atoms with van der Waals surface area (Å²) in [6.07, 6.45) is 6.74. The number of nitrogens with one attached hydrogen (secondary N) is 1. The molecule has 1 unspecified atom stereocenters. The molecule has 0 bridgehead atoms. The summed E-state index contributed by atoms with van der Waals surface area (Å²) in [5.41, 5.74) is 1.44. The fourth-order valence-corrected chi connectivity index (χ4v) is 4.06. The molecule has 1 aromatic rings. The van der Waals surface area contributed by atoms with Crippen LogP contribution in [0.15, 0.2) is 27.6 Å². The number of thioether (sulfide) groups is 1. The highest BCUT2D eigenvalue weighted by molar-refractivity contribution is 9.10. The van der Waals surface area contributed by atoms with Crippen molar-refractivity contribution in [2.75, 3.05) is 6.54 Å². The van der Waals surface area contributed by atoms with Crippen LogP contribution in [0, 0.1) is 0 Å². The third-order valence-corrected chi connectivity index (χ3v) is 5.82. The molecule has 0 spiro atoms. The van der Waals surface area contributed by atoms with Gasteiger partial charge in [-0.25, -0.2) is 0 Å². The summed E-state index contributed by atoms with van der Waals surface area (Å²) in [6.45, 7) is 1.17. The van der Waals surface area contributed by atoms with Crippen LogP contribution in [0.1, 0.15) is 43.7 Å². The van der Waals surface area contributed by atoms with Crippen molar-refractivity contribution in [3.63, 3.8) is 0 Å². The minimum absolute atomic E-state index is 0.569. The molecule has 1 saturated carbocycles. The molecule has 1 heterocycles. The molecule has 1 aromatic carbocycles. The summed E-state index contributed by atoms with van der Waals surface area (Å²) >= 11 is 5.75. The molecule has 2 fully saturated rings. The smallest absolute Gasteiger partial charge is 0.0320 e. The summed E-state index contributed by atoms with van der Waals surface area (Å²) < 4.78 is 1.28. The lowest BCUT2D eigenvalue weighted by Crippen LogP contribution is -2.26. The molecule has 0 aromatic heterocycles. The molecular weight excluding hydrogens is 294 g/mol. The van der Waals surface area contributed by atoms with Crippen LogP contribution in [0.4, 0.5) is 0 Å². The molecule has 0 amide bonds. The van der Waals surface area contributed by atoms with Crippen molar-refractivity contribution in [1.29, 1.82) is 0 Å². The summed E-state index contributed by atoms with van der Waals surface area (Å²) in [6, 6.07) is 7.48. The number of benzene rings is 1. The van der Waals surface area contributed by atoms with E-state index < -0.39 is 0 Å². The first-order valence-electron chi connectivity index (χ1n) is 6.52. The van der Waals surface area contributed by atoms with Gasteiger partial charge in [0.1, 0.15) is 0 Å². The molecule has 1 aliphatic heterocycles. The molecule has 3 rings (SSSR count). The van der Waals surface area contributed by atoms with E-state index in [-0.39, 0.29) is 0 Å². The van der Waals surface area contributed by atoms with Crippen molar-refractivity contribution in [2.45, 2.75) is 48.3 Å². The van der Waals surface area contributed by atoms with Gasteiger partial charge in [0.05, 0.1) is 0 Å². The Labute approximate surface area is 116 Å². The first-order valence-corrected chi connectivity index (χ1v) is 8.20. The quantitative estimate of drug-likeness (QED) is 0.881. The standard InChI is InChI=1S/C14H18BrNS/c15-12-9-10(13-3-1-2-8-16-13)4-7-14(12)17-11-5-6-11/h4,7,9,11,13,16H,1-3,5-6,8H2. The van der Waals surface area contributed by atoms with Gasteiger partial charge in [0.25, 0.3) is 0 Å². The highest BCUT2D eigenvalue weighted by atomic mass is 79.9. The number of rotatable bonds is 3. The molecular formula is C14H18BrNS. The van der Waals surface area contributed by atoms with Crippen molar-refractivity contribution in [2.24, 2.45) is 0 Å². The van der Waals surface area contributed by atoms with Crippen LogP contribution < -0.4 is 5.32 Å². The fourth-order valence-electron chi connectivity index (χ4n) is 2.33. The molecule has 1 nitrogen and oxygen atoms in total. The second-order valence-corrected chi connectivity index (χ2v) is 7.21. The molecule has 92 valence electrons. The second-order valence-electron chi connectivity index (χ2n) is 5.01. The Morgan fingerprint density at radius 1 is 1.18 bits per heavy atom. The predicted octanol–water partition coefficient (Wildman–Crippen LogP) is 4.52. The Morgan fingerprint density at radius 2 is 2.06 bits per heavy atom. The average Bonchev–Trinajstić information content (AvgIpc) is 3.17.